The van der Waals surface area contributed by atoms with E-state index in [1.165, 1.54) is 4.31 Å². The minimum absolute atomic E-state index is 0.187. The first-order valence-corrected chi connectivity index (χ1v) is 12.6. The lowest BCUT2D eigenvalue weighted by molar-refractivity contribution is 0.0514. The molecule has 8 heteroatoms. The lowest BCUT2D eigenvalue weighted by atomic mass is 9.95. The van der Waals surface area contributed by atoms with Crippen LogP contribution in [0.15, 0.2) is 35.2 Å². The molecule has 7 nitrogen and oxygen atoms in total. The van der Waals surface area contributed by atoms with Crippen LogP contribution in [-0.4, -0.2) is 48.2 Å². The van der Waals surface area contributed by atoms with Gasteiger partial charge >= 0.3 is 5.97 Å². The fourth-order valence-electron chi connectivity index (χ4n) is 4.60. The van der Waals surface area contributed by atoms with Gasteiger partial charge in [0.2, 0.25) is 10.0 Å². The summed E-state index contributed by atoms with van der Waals surface area (Å²) >= 11 is 0. The van der Waals surface area contributed by atoms with E-state index in [-0.39, 0.29) is 29.9 Å². The Kier molecular flexibility index (Phi) is 7.56. The Balaban J connectivity index is 2.00. The first kappa shape index (κ1) is 24.2. The number of Topliss-reactive ketones (excluding diaryl/α,β-unsaturated/α-hetero) is 1. The van der Waals surface area contributed by atoms with E-state index in [1.54, 1.807) is 62.7 Å². The number of benzene rings is 1. The van der Waals surface area contributed by atoms with Crippen LogP contribution in [0.2, 0.25) is 0 Å². The molecule has 1 saturated carbocycles. The minimum atomic E-state index is -3.84. The Bertz CT molecular complexity index is 1080. The van der Waals surface area contributed by atoms with Crippen molar-refractivity contribution in [1.29, 1.82) is 0 Å². The van der Waals surface area contributed by atoms with Crippen LogP contribution in [0, 0.1) is 13.8 Å². The van der Waals surface area contributed by atoms with Gasteiger partial charge in [-0.05, 0) is 51.3 Å². The standard InChI is InChI=1S/C24H32N2O5S/c1-5-31-24(28)23-17(2)22(18(3)25(23)4)21(27)16-26(19-12-8-6-9-13-19)32(29,30)20-14-10-7-11-15-20/h7,10-11,14-15,19H,5-6,8-9,12-13,16H2,1-4H3. The molecule has 3 rings (SSSR count). The largest absolute Gasteiger partial charge is 0.461 e. The molecule has 174 valence electrons. The van der Waals surface area contributed by atoms with E-state index in [9.17, 15) is 18.0 Å². The molecule has 0 spiro atoms. The van der Waals surface area contributed by atoms with E-state index in [2.05, 4.69) is 0 Å². The fraction of sp³-hybridized carbons (Fsp3) is 0.500. The number of sulfonamides is 1. The highest BCUT2D eigenvalue weighted by atomic mass is 32.2. The van der Waals surface area contributed by atoms with Gasteiger partial charge in [-0.25, -0.2) is 13.2 Å². The van der Waals surface area contributed by atoms with Crippen molar-refractivity contribution in [2.45, 2.75) is 63.8 Å². The summed E-state index contributed by atoms with van der Waals surface area (Å²) in [5, 5.41) is 0. The average Bonchev–Trinajstić information content (AvgIpc) is 3.01. The third-order valence-corrected chi connectivity index (χ3v) is 8.22. The van der Waals surface area contributed by atoms with E-state index in [0.717, 1.165) is 32.1 Å². The maximum Gasteiger partial charge on any atom is 0.355 e. The Morgan fingerprint density at radius 3 is 2.31 bits per heavy atom. The van der Waals surface area contributed by atoms with Gasteiger partial charge in [-0.2, -0.15) is 4.31 Å². The number of carbonyl (C=O) groups excluding carboxylic acids is 2. The summed E-state index contributed by atoms with van der Waals surface area (Å²) in [6.07, 6.45) is 4.43. The van der Waals surface area contributed by atoms with Gasteiger partial charge in [0.25, 0.3) is 0 Å². The molecule has 0 saturated heterocycles. The van der Waals surface area contributed by atoms with Gasteiger partial charge < -0.3 is 9.30 Å². The number of esters is 1. The molecular formula is C24H32N2O5S. The van der Waals surface area contributed by atoms with Crippen LogP contribution in [0.5, 0.6) is 0 Å². The Hall–Kier alpha value is -2.45. The Morgan fingerprint density at radius 1 is 1.09 bits per heavy atom. The van der Waals surface area contributed by atoms with Gasteiger partial charge in [-0.15, -0.1) is 0 Å². The fourth-order valence-corrected chi connectivity index (χ4v) is 6.27. The molecule has 0 aliphatic heterocycles. The molecule has 0 unspecified atom stereocenters. The van der Waals surface area contributed by atoms with Crippen molar-refractivity contribution < 1.29 is 22.7 Å². The molecular weight excluding hydrogens is 428 g/mol. The number of aromatic nitrogens is 1. The highest BCUT2D eigenvalue weighted by molar-refractivity contribution is 7.89. The number of hydrogen-bond donors (Lipinski definition) is 0. The van der Waals surface area contributed by atoms with Crippen LogP contribution in [-0.2, 0) is 21.8 Å². The first-order valence-electron chi connectivity index (χ1n) is 11.1. The second-order valence-corrected chi connectivity index (χ2v) is 10.2. The van der Waals surface area contributed by atoms with Gasteiger partial charge in [0, 0.05) is 24.3 Å². The van der Waals surface area contributed by atoms with Crippen LogP contribution in [0.3, 0.4) is 0 Å². The molecule has 32 heavy (non-hydrogen) atoms. The van der Waals surface area contributed by atoms with Crippen molar-refractivity contribution in [2.24, 2.45) is 7.05 Å². The van der Waals surface area contributed by atoms with Gasteiger partial charge in [-0.3, -0.25) is 4.79 Å². The van der Waals surface area contributed by atoms with Gasteiger partial charge in [0.1, 0.15) is 5.69 Å². The number of ketones is 1. The second kappa shape index (κ2) is 10.0. The predicted octanol–water partition coefficient (Wildman–Crippen LogP) is 4.02. The molecule has 0 N–H and O–H groups in total. The molecule has 0 radical (unpaired) electrons. The predicted molar refractivity (Wildman–Crippen MR) is 122 cm³/mol. The summed E-state index contributed by atoms with van der Waals surface area (Å²) in [5.74, 6) is -0.799. The third kappa shape index (κ3) is 4.66. The molecule has 1 aliphatic rings. The smallest absolute Gasteiger partial charge is 0.355 e. The quantitative estimate of drug-likeness (QED) is 0.439. The number of nitrogens with zero attached hydrogens (tertiary/aromatic N) is 2. The highest BCUT2D eigenvalue weighted by Gasteiger charge is 2.35. The zero-order valence-electron chi connectivity index (χ0n) is 19.3. The van der Waals surface area contributed by atoms with Crippen LogP contribution < -0.4 is 0 Å². The van der Waals surface area contributed by atoms with Crippen LogP contribution in [0.4, 0.5) is 0 Å². The average molecular weight is 461 g/mol. The monoisotopic (exact) mass is 460 g/mol. The lowest BCUT2D eigenvalue weighted by Crippen LogP contribution is -2.44. The summed E-state index contributed by atoms with van der Waals surface area (Å²) in [7, 11) is -2.13. The van der Waals surface area contributed by atoms with E-state index >= 15 is 0 Å². The van der Waals surface area contributed by atoms with Crippen molar-refractivity contribution in [2.75, 3.05) is 13.2 Å². The van der Waals surface area contributed by atoms with Crippen LogP contribution in [0.1, 0.15) is 71.1 Å². The van der Waals surface area contributed by atoms with Crippen molar-refractivity contribution in [3.05, 3.63) is 52.8 Å². The van der Waals surface area contributed by atoms with Crippen molar-refractivity contribution in [3.63, 3.8) is 0 Å². The number of hydrogen-bond acceptors (Lipinski definition) is 5. The molecule has 0 amide bonds. The molecule has 1 aromatic carbocycles. The number of carbonyl (C=O) groups is 2. The molecule has 0 bridgehead atoms. The summed E-state index contributed by atoms with van der Waals surface area (Å²) in [6.45, 7) is 5.18. The first-order chi connectivity index (χ1) is 15.2. The van der Waals surface area contributed by atoms with Crippen molar-refractivity contribution in [1.82, 2.24) is 8.87 Å². The zero-order valence-corrected chi connectivity index (χ0v) is 20.1. The number of rotatable bonds is 8. The lowest BCUT2D eigenvalue weighted by Gasteiger charge is -2.33. The maximum absolute atomic E-state index is 13.5. The van der Waals surface area contributed by atoms with Crippen LogP contribution >= 0.6 is 0 Å². The summed E-state index contributed by atoms with van der Waals surface area (Å²) in [6, 6.07) is 8.05. The molecule has 1 aromatic heterocycles. The molecule has 2 aromatic rings. The second-order valence-electron chi connectivity index (χ2n) is 8.29. The van der Waals surface area contributed by atoms with Crippen molar-refractivity contribution in [3.8, 4) is 0 Å². The topological polar surface area (TPSA) is 85.7 Å². The summed E-state index contributed by atoms with van der Waals surface area (Å²) < 4.78 is 35.2. The number of ether oxygens (including phenoxy) is 1. The van der Waals surface area contributed by atoms with E-state index in [1.807, 2.05) is 0 Å². The van der Waals surface area contributed by atoms with Gasteiger partial charge in [0.05, 0.1) is 18.0 Å². The van der Waals surface area contributed by atoms with Gasteiger partial charge in [0.15, 0.2) is 5.78 Å². The molecule has 1 fully saturated rings. The minimum Gasteiger partial charge on any atom is -0.461 e. The molecule has 0 atom stereocenters. The summed E-state index contributed by atoms with van der Waals surface area (Å²) in [5.41, 5.74) is 1.85. The molecule has 1 aliphatic carbocycles. The van der Waals surface area contributed by atoms with Gasteiger partial charge in [-0.1, -0.05) is 37.5 Å². The SMILES string of the molecule is CCOC(=O)c1c(C)c(C(=O)CN(C2CCCCC2)S(=O)(=O)c2ccccc2)c(C)n1C. The molecule has 1 heterocycles. The Labute approximate surface area is 190 Å². The van der Waals surface area contributed by atoms with E-state index in [0.29, 0.717) is 22.5 Å². The maximum atomic E-state index is 13.5. The van der Waals surface area contributed by atoms with E-state index in [4.69, 9.17) is 4.74 Å². The Morgan fingerprint density at radius 2 is 1.72 bits per heavy atom. The van der Waals surface area contributed by atoms with E-state index < -0.39 is 16.0 Å². The normalized spacial score (nSPS) is 15.2. The summed E-state index contributed by atoms with van der Waals surface area (Å²) in [4.78, 5) is 26.1. The van der Waals surface area contributed by atoms with Crippen LogP contribution in [0.25, 0.3) is 0 Å². The van der Waals surface area contributed by atoms with Crippen molar-refractivity contribution >= 4 is 21.8 Å². The zero-order chi connectivity index (χ0) is 23.5. The highest BCUT2D eigenvalue weighted by Crippen LogP contribution is 2.29. The third-order valence-electron chi connectivity index (χ3n) is 6.31.